The van der Waals surface area contributed by atoms with Crippen LogP contribution in [0.25, 0.3) is 141 Å². The van der Waals surface area contributed by atoms with E-state index >= 15 is 0 Å². The third-order valence-electron chi connectivity index (χ3n) is 13.4. The summed E-state index contributed by atoms with van der Waals surface area (Å²) in [5, 5.41) is 17.4. The van der Waals surface area contributed by atoms with Gasteiger partial charge in [0.15, 0.2) is 17.5 Å². The van der Waals surface area contributed by atoms with Crippen LogP contribution in [-0.4, -0.2) is 15.0 Å². The van der Waals surface area contributed by atoms with Gasteiger partial charge in [-0.25, -0.2) is 15.0 Å². The first kappa shape index (κ1) is 36.2. The van der Waals surface area contributed by atoms with E-state index in [0.29, 0.717) is 17.5 Å². The Hall–Kier alpha value is -8.31. The van der Waals surface area contributed by atoms with Crippen molar-refractivity contribution in [3.05, 3.63) is 212 Å². The van der Waals surface area contributed by atoms with Crippen LogP contribution < -0.4 is 0 Å². The van der Waals surface area contributed by atoms with Crippen LogP contribution >= 0.6 is 11.3 Å². The number of nitrogens with zero attached hydrogens (tertiary/aromatic N) is 3. The second-order valence-electron chi connectivity index (χ2n) is 17.0. The molecule has 300 valence electrons. The summed E-state index contributed by atoms with van der Waals surface area (Å²) in [7, 11) is 0. The Morgan fingerprint density at radius 3 is 1.49 bits per heavy atom. The molecule has 3 nitrogen and oxygen atoms in total. The minimum atomic E-state index is 0.627. The molecule has 0 radical (unpaired) electrons. The number of thiophene rings is 1. The Morgan fingerprint density at radius 2 is 0.754 bits per heavy atom. The molecule has 0 unspecified atom stereocenters. The fraction of sp³-hybridized carbons (Fsp3) is 0. The van der Waals surface area contributed by atoms with E-state index in [0.717, 1.165) is 38.8 Å². The van der Waals surface area contributed by atoms with Crippen molar-refractivity contribution < 1.29 is 0 Å². The topological polar surface area (TPSA) is 38.7 Å². The van der Waals surface area contributed by atoms with Gasteiger partial charge in [-0.2, -0.15) is 0 Å². The number of aromatic nitrogens is 3. The largest absolute Gasteiger partial charge is 0.208 e. The fourth-order valence-electron chi connectivity index (χ4n) is 10.5. The van der Waals surface area contributed by atoms with E-state index in [1.807, 2.05) is 11.3 Å². The first-order valence-corrected chi connectivity index (χ1v) is 22.9. The molecule has 0 spiro atoms. The van der Waals surface area contributed by atoms with Crippen LogP contribution in [0.2, 0.25) is 0 Å². The molecule has 4 heteroatoms. The molecule has 65 heavy (non-hydrogen) atoms. The zero-order chi connectivity index (χ0) is 42.6. The minimum absolute atomic E-state index is 0.627. The summed E-state index contributed by atoms with van der Waals surface area (Å²) in [5.74, 6) is 1.89. The van der Waals surface area contributed by atoms with Crippen molar-refractivity contribution in [2.24, 2.45) is 0 Å². The monoisotopic (exact) mass is 841 g/mol. The predicted molar refractivity (Wildman–Crippen MR) is 276 cm³/mol. The van der Waals surface area contributed by atoms with Crippen LogP contribution in [0.3, 0.4) is 0 Å². The van der Waals surface area contributed by atoms with Gasteiger partial charge in [-0.3, -0.25) is 0 Å². The molecule has 0 aliphatic carbocycles. The van der Waals surface area contributed by atoms with Crippen LogP contribution in [0.5, 0.6) is 0 Å². The van der Waals surface area contributed by atoms with Gasteiger partial charge in [0.05, 0.1) is 0 Å². The number of benzene rings is 11. The van der Waals surface area contributed by atoms with Crippen molar-refractivity contribution in [1.82, 2.24) is 15.0 Å². The maximum Gasteiger partial charge on any atom is 0.164 e. The average molecular weight is 842 g/mol. The number of rotatable bonds is 5. The second kappa shape index (κ2) is 14.1. The van der Waals surface area contributed by atoms with Gasteiger partial charge in [0.1, 0.15) is 0 Å². The summed E-state index contributed by atoms with van der Waals surface area (Å²) in [4.78, 5) is 16.2. The lowest BCUT2D eigenvalue weighted by molar-refractivity contribution is 1.08. The molecule has 0 fully saturated rings. The van der Waals surface area contributed by atoms with Crippen LogP contribution in [0.15, 0.2) is 212 Å². The van der Waals surface area contributed by atoms with Gasteiger partial charge in [0.25, 0.3) is 0 Å². The molecule has 14 aromatic rings. The van der Waals surface area contributed by atoms with Crippen LogP contribution in [0, 0.1) is 0 Å². The van der Waals surface area contributed by atoms with E-state index < -0.39 is 0 Å². The first-order chi connectivity index (χ1) is 32.2. The standard InChI is InChI=1S/C61H35N3S/c1-2-13-36(14-3-1)44-20-4-5-22-51(44)61-63-59(42-19-8-18-40(33-42)45-23-12-27-50-46-21-6-7-28-53(46)65-58(45)50)62-60(64-61)43-34-41-32-31-39-16-10-25-48-47-24-9-15-37-29-30-38-17-11-26-49(56(38)54(37)47)52(35-43)57(41)55(39)48/h1-35H. The van der Waals surface area contributed by atoms with E-state index in [-0.39, 0.29) is 0 Å². The first-order valence-electron chi connectivity index (χ1n) is 22.1. The van der Waals surface area contributed by atoms with Crippen molar-refractivity contribution in [2.75, 3.05) is 0 Å². The molecule has 0 aliphatic heterocycles. The number of hydrogen-bond donors (Lipinski definition) is 0. The fourth-order valence-corrected chi connectivity index (χ4v) is 11.8. The summed E-state index contributed by atoms with van der Waals surface area (Å²) in [6.07, 6.45) is 0. The van der Waals surface area contributed by atoms with Crippen LogP contribution in [0.1, 0.15) is 0 Å². The molecule has 14 rings (SSSR count). The van der Waals surface area contributed by atoms with Gasteiger partial charge >= 0.3 is 0 Å². The van der Waals surface area contributed by atoms with Crippen molar-refractivity contribution in [3.8, 4) is 56.4 Å². The lowest BCUT2D eigenvalue weighted by atomic mass is 9.87. The maximum atomic E-state index is 5.44. The molecule has 12 aromatic carbocycles. The highest BCUT2D eigenvalue weighted by molar-refractivity contribution is 7.26. The SMILES string of the molecule is c1ccc(-c2ccccc2-c2nc(-c3cccc(-c4cccc5c4sc4ccccc45)c3)nc(-c3cc4ccc5cccc6c7cccc8ccc9cccc(c(c3)c4c56)c9c87)n2)cc1. The van der Waals surface area contributed by atoms with Gasteiger partial charge in [-0.05, 0) is 111 Å². The highest BCUT2D eigenvalue weighted by atomic mass is 32.1. The van der Waals surface area contributed by atoms with Crippen LogP contribution in [-0.2, 0) is 0 Å². The van der Waals surface area contributed by atoms with Crippen molar-refractivity contribution in [2.45, 2.75) is 0 Å². The number of hydrogen-bond acceptors (Lipinski definition) is 4. The second-order valence-corrected chi connectivity index (χ2v) is 18.1. The van der Waals surface area contributed by atoms with Crippen molar-refractivity contribution in [3.63, 3.8) is 0 Å². The van der Waals surface area contributed by atoms with E-state index in [1.165, 1.54) is 85.0 Å². The Balaban J connectivity index is 1.06. The summed E-state index contributed by atoms with van der Waals surface area (Å²) in [6.45, 7) is 0. The van der Waals surface area contributed by atoms with Crippen LogP contribution in [0.4, 0.5) is 0 Å². The highest BCUT2D eigenvalue weighted by Crippen LogP contribution is 2.45. The molecule has 2 aromatic heterocycles. The molecular formula is C61H35N3S. The third-order valence-corrected chi connectivity index (χ3v) is 14.6. The van der Waals surface area contributed by atoms with E-state index in [9.17, 15) is 0 Å². The molecule has 0 N–H and O–H groups in total. The Kier molecular flexibility index (Phi) is 7.85. The quantitative estimate of drug-likeness (QED) is 0.162. The lowest BCUT2D eigenvalue weighted by Crippen LogP contribution is -2.01. The molecule has 0 aliphatic rings. The highest BCUT2D eigenvalue weighted by Gasteiger charge is 2.20. The van der Waals surface area contributed by atoms with Gasteiger partial charge in [0, 0.05) is 36.9 Å². The molecule has 0 atom stereocenters. The predicted octanol–water partition coefficient (Wildman–Crippen LogP) is 16.9. The van der Waals surface area contributed by atoms with Crippen molar-refractivity contribution in [1.29, 1.82) is 0 Å². The molecule has 0 bridgehead atoms. The van der Waals surface area contributed by atoms with E-state index in [2.05, 4.69) is 212 Å². The van der Waals surface area contributed by atoms with Gasteiger partial charge in [0.2, 0.25) is 0 Å². The van der Waals surface area contributed by atoms with Crippen molar-refractivity contribution >= 4 is 96.1 Å². The van der Waals surface area contributed by atoms with Gasteiger partial charge in [-0.15, -0.1) is 11.3 Å². The summed E-state index contributed by atoms with van der Waals surface area (Å²) >= 11 is 1.85. The van der Waals surface area contributed by atoms with E-state index in [1.54, 1.807) is 0 Å². The molecular weight excluding hydrogens is 807 g/mol. The molecule has 0 saturated heterocycles. The van der Waals surface area contributed by atoms with E-state index in [4.69, 9.17) is 15.0 Å². The third kappa shape index (κ3) is 5.58. The normalized spacial score (nSPS) is 12.0. The zero-order valence-electron chi connectivity index (χ0n) is 35.0. The minimum Gasteiger partial charge on any atom is -0.208 e. The molecule has 0 saturated carbocycles. The van der Waals surface area contributed by atoms with Gasteiger partial charge < -0.3 is 0 Å². The summed E-state index contributed by atoms with van der Waals surface area (Å²) < 4.78 is 2.57. The lowest BCUT2D eigenvalue weighted by Gasteiger charge is -2.17. The summed E-state index contributed by atoms with van der Waals surface area (Å²) in [5.41, 5.74) is 7.33. The Labute approximate surface area is 377 Å². The van der Waals surface area contributed by atoms with Gasteiger partial charge in [-0.1, -0.05) is 188 Å². The summed E-state index contributed by atoms with van der Waals surface area (Å²) in [6, 6.07) is 76.9. The smallest absolute Gasteiger partial charge is 0.164 e. The molecule has 2 heterocycles. The number of fused-ring (bicyclic) bond motifs is 5. The molecule has 0 amide bonds. The zero-order valence-corrected chi connectivity index (χ0v) is 35.8. The Morgan fingerprint density at radius 1 is 0.262 bits per heavy atom. The maximum absolute atomic E-state index is 5.44. The Bertz CT molecular complexity index is 4240. The average Bonchev–Trinajstić information content (AvgIpc) is 3.76.